The van der Waals surface area contributed by atoms with Crippen molar-refractivity contribution >= 4 is 19.8 Å². The molecule has 0 aliphatic heterocycles. The number of aliphatic hydroxyl groups excluding tert-OH is 2. The standard InChI is InChI=1S/C42H71O10P/c1-3-5-7-9-11-13-15-17-18-19-20-22-24-26-28-30-32-34-42(46)52-40(36-44)38-50-53(47,48)49-37-39(35-43)51-41(45)33-31-29-27-25-23-21-16-14-12-10-8-6-4-2/h5,7,11,13-14,16-18,20,22,26,28,39-40,43-44H,3-4,6,8-10,12,15,19,21,23-25,27,29-38H2,1-2H3,(H,47,48)/b7-5-,13-11-,16-14-,18-17-,22-20-,28-26-. The Labute approximate surface area is 320 Å². The maximum absolute atomic E-state index is 12.3. The van der Waals surface area contributed by atoms with Crippen LogP contribution in [0, 0.1) is 0 Å². The Balaban J connectivity index is 4.08. The average Bonchev–Trinajstić information content (AvgIpc) is 3.14. The van der Waals surface area contributed by atoms with E-state index in [0.29, 0.717) is 19.3 Å². The van der Waals surface area contributed by atoms with Crippen LogP contribution in [0.5, 0.6) is 0 Å². The lowest BCUT2D eigenvalue weighted by Gasteiger charge is -2.20. The summed E-state index contributed by atoms with van der Waals surface area (Å²) >= 11 is 0. The van der Waals surface area contributed by atoms with Gasteiger partial charge in [0.1, 0.15) is 12.2 Å². The van der Waals surface area contributed by atoms with Crippen molar-refractivity contribution in [2.45, 2.75) is 154 Å². The van der Waals surface area contributed by atoms with Gasteiger partial charge in [0.15, 0.2) is 0 Å². The molecule has 0 saturated carbocycles. The third-order valence-electron chi connectivity index (χ3n) is 7.90. The van der Waals surface area contributed by atoms with E-state index in [0.717, 1.165) is 70.6 Å². The lowest BCUT2D eigenvalue weighted by atomic mass is 10.1. The third kappa shape index (κ3) is 36.2. The zero-order valence-electron chi connectivity index (χ0n) is 32.7. The van der Waals surface area contributed by atoms with Gasteiger partial charge in [-0.25, -0.2) is 4.57 Å². The van der Waals surface area contributed by atoms with Crippen molar-refractivity contribution in [2.75, 3.05) is 26.4 Å². The van der Waals surface area contributed by atoms with Crippen LogP contribution in [0.25, 0.3) is 0 Å². The number of phosphoric acid groups is 1. The molecule has 0 radical (unpaired) electrons. The molecule has 0 aliphatic carbocycles. The van der Waals surface area contributed by atoms with E-state index < -0.39 is 58.4 Å². The molecule has 0 amide bonds. The van der Waals surface area contributed by atoms with Crippen LogP contribution in [0.1, 0.15) is 142 Å². The van der Waals surface area contributed by atoms with Gasteiger partial charge in [-0.2, -0.15) is 0 Å². The molecule has 53 heavy (non-hydrogen) atoms. The zero-order valence-corrected chi connectivity index (χ0v) is 33.6. The molecule has 3 unspecified atom stereocenters. The Kier molecular flexibility index (Phi) is 35.9. The number of esters is 2. The molecule has 0 aromatic rings. The highest BCUT2D eigenvalue weighted by Crippen LogP contribution is 2.43. The van der Waals surface area contributed by atoms with Gasteiger partial charge >= 0.3 is 19.8 Å². The van der Waals surface area contributed by atoms with Gasteiger partial charge in [-0.3, -0.25) is 18.6 Å². The molecule has 3 N–H and O–H groups in total. The Morgan fingerprint density at radius 3 is 1.38 bits per heavy atom. The van der Waals surface area contributed by atoms with E-state index in [-0.39, 0.29) is 12.8 Å². The minimum Gasteiger partial charge on any atom is -0.457 e. The molecular formula is C42H71O10P. The Morgan fingerprint density at radius 1 is 0.528 bits per heavy atom. The van der Waals surface area contributed by atoms with Crippen LogP contribution in [0.15, 0.2) is 72.9 Å². The second-order valence-corrected chi connectivity index (χ2v) is 14.3. The smallest absolute Gasteiger partial charge is 0.457 e. The van der Waals surface area contributed by atoms with E-state index in [4.69, 9.17) is 18.5 Å². The number of rotatable bonds is 36. The van der Waals surface area contributed by atoms with E-state index in [1.165, 1.54) is 25.7 Å². The van der Waals surface area contributed by atoms with E-state index in [1.54, 1.807) is 0 Å². The third-order valence-corrected chi connectivity index (χ3v) is 8.85. The molecule has 304 valence electrons. The molecule has 0 saturated heterocycles. The van der Waals surface area contributed by atoms with Crippen molar-refractivity contribution < 1.29 is 47.8 Å². The summed E-state index contributed by atoms with van der Waals surface area (Å²) in [4.78, 5) is 34.4. The number of allylic oxidation sites excluding steroid dienone is 12. The summed E-state index contributed by atoms with van der Waals surface area (Å²) in [7, 11) is -4.65. The highest BCUT2D eigenvalue weighted by molar-refractivity contribution is 7.47. The van der Waals surface area contributed by atoms with Crippen LogP contribution < -0.4 is 0 Å². The molecule has 0 aliphatic rings. The molecule has 0 spiro atoms. The normalized spacial score (nSPS) is 14.7. The summed E-state index contributed by atoms with van der Waals surface area (Å²) in [6.07, 6.45) is 41.7. The highest BCUT2D eigenvalue weighted by Gasteiger charge is 2.27. The summed E-state index contributed by atoms with van der Waals surface area (Å²) in [5, 5.41) is 19.1. The largest absolute Gasteiger partial charge is 0.472 e. The molecule has 0 fully saturated rings. The van der Waals surface area contributed by atoms with Crippen molar-refractivity contribution in [3.05, 3.63) is 72.9 Å². The number of unbranched alkanes of at least 4 members (excludes halogenated alkanes) is 10. The number of phosphoric ester groups is 1. The molecule has 0 aromatic carbocycles. The number of carbonyl (C=O) groups is 2. The second-order valence-electron chi connectivity index (χ2n) is 12.9. The Hall–Kier alpha value is -2.59. The van der Waals surface area contributed by atoms with Gasteiger partial charge in [0, 0.05) is 12.8 Å². The summed E-state index contributed by atoms with van der Waals surface area (Å²) < 4.78 is 32.4. The molecule has 3 atom stereocenters. The van der Waals surface area contributed by atoms with E-state index in [2.05, 4.69) is 74.6 Å². The van der Waals surface area contributed by atoms with Gasteiger partial charge in [-0.05, 0) is 77.0 Å². The number of ether oxygens (including phenoxy) is 2. The fourth-order valence-corrected chi connectivity index (χ4v) is 5.63. The van der Waals surface area contributed by atoms with Gasteiger partial charge in [0.05, 0.1) is 26.4 Å². The van der Waals surface area contributed by atoms with Crippen LogP contribution >= 0.6 is 7.82 Å². The molecular weight excluding hydrogens is 695 g/mol. The average molecular weight is 767 g/mol. The molecule has 11 heteroatoms. The molecule has 0 aromatic heterocycles. The summed E-state index contributed by atoms with van der Waals surface area (Å²) in [5.74, 6) is -1.09. The van der Waals surface area contributed by atoms with Crippen molar-refractivity contribution in [1.29, 1.82) is 0 Å². The fraction of sp³-hybridized carbons (Fsp3) is 0.667. The molecule has 0 heterocycles. The fourth-order valence-electron chi connectivity index (χ4n) is 4.85. The van der Waals surface area contributed by atoms with Gasteiger partial charge in [-0.1, -0.05) is 125 Å². The first-order chi connectivity index (χ1) is 25.8. The minimum absolute atomic E-state index is 0.110. The quantitative estimate of drug-likeness (QED) is 0.0243. The number of aliphatic hydroxyl groups is 2. The van der Waals surface area contributed by atoms with Gasteiger partial charge in [0.2, 0.25) is 0 Å². The van der Waals surface area contributed by atoms with E-state index in [1.807, 2.05) is 12.2 Å². The number of carbonyl (C=O) groups excluding carboxylic acids is 2. The van der Waals surface area contributed by atoms with Crippen LogP contribution in [0.4, 0.5) is 0 Å². The Morgan fingerprint density at radius 2 is 0.906 bits per heavy atom. The lowest BCUT2D eigenvalue weighted by molar-refractivity contribution is -0.153. The summed E-state index contributed by atoms with van der Waals surface area (Å²) in [6.45, 7) is 1.97. The van der Waals surface area contributed by atoms with E-state index in [9.17, 15) is 29.3 Å². The first-order valence-electron chi connectivity index (χ1n) is 19.9. The number of hydrogen-bond acceptors (Lipinski definition) is 9. The minimum atomic E-state index is -4.65. The zero-order chi connectivity index (χ0) is 39.1. The summed E-state index contributed by atoms with van der Waals surface area (Å²) in [5.41, 5.74) is 0. The predicted octanol–water partition coefficient (Wildman–Crippen LogP) is 10.1. The molecule has 0 bridgehead atoms. The second kappa shape index (κ2) is 37.7. The summed E-state index contributed by atoms with van der Waals surface area (Å²) in [6, 6.07) is 0. The van der Waals surface area contributed by atoms with Gasteiger partial charge < -0.3 is 24.6 Å². The van der Waals surface area contributed by atoms with Gasteiger partial charge in [-0.15, -0.1) is 0 Å². The van der Waals surface area contributed by atoms with Crippen LogP contribution in [-0.4, -0.2) is 65.7 Å². The topological polar surface area (TPSA) is 149 Å². The van der Waals surface area contributed by atoms with Crippen molar-refractivity contribution in [2.24, 2.45) is 0 Å². The van der Waals surface area contributed by atoms with Crippen molar-refractivity contribution in [1.82, 2.24) is 0 Å². The highest BCUT2D eigenvalue weighted by atomic mass is 31.2. The molecule has 0 rings (SSSR count). The predicted molar refractivity (Wildman–Crippen MR) is 214 cm³/mol. The first kappa shape index (κ1) is 50.4. The van der Waals surface area contributed by atoms with Crippen LogP contribution in [0.3, 0.4) is 0 Å². The monoisotopic (exact) mass is 766 g/mol. The van der Waals surface area contributed by atoms with E-state index >= 15 is 0 Å². The SMILES string of the molecule is CC/C=C\C/C=C\C/C=C\C/C=C\C/C=C\CCCC(=O)OC(CO)COP(=O)(O)OCC(CO)OC(=O)CCCCCCC/C=C\CCCCCC. The maximum atomic E-state index is 12.3. The Bertz CT molecular complexity index is 1110. The maximum Gasteiger partial charge on any atom is 0.472 e. The van der Waals surface area contributed by atoms with Crippen LogP contribution in [0.2, 0.25) is 0 Å². The van der Waals surface area contributed by atoms with Crippen LogP contribution in [-0.2, 0) is 32.7 Å². The number of hydrogen-bond donors (Lipinski definition) is 3. The lowest BCUT2D eigenvalue weighted by Crippen LogP contribution is -2.28. The van der Waals surface area contributed by atoms with Crippen molar-refractivity contribution in [3.63, 3.8) is 0 Å². The first-order valence-corrected chi connectivity index (χ1v) is 21.4. The van der Waals surface area contributed by atoms with Gasteiger partial charge in [0.25, 0.3) is 0 Å². The molecule has 10 nitrogen and oxygen atoms in total. The van der Waals surface area contributed by atoms with Crippen molar-refractivity contribution in [3.8, 4) is 0 Å².